The molecule has 0 aliphatic heterocycles. The number of anilines is 1. The predicted octanol–water partition coefficient (Wildman–Crippen LogP) is 1.89. The Labute approximate surface area is 113 Å². The zero-order chi connectivity index (χ0) is 14.7. The summed E-state index contributed by atoms with van der Waals surface area (Å²) in [5.41, 5.74) is -0.831. The Balaban J connectivity index is 2.19. The molecule has 2 rings (SSSR count). The summed E-state index contributed by atoms with van der Waals surface area (Å²) in [5, 5.41) is 18.9. The average Bonchev–Trinajstić information content (AvgIpc) is 2.87. The minimum atomic E-state index is -1.52. The van der Waals surface area contributed by atoms with E-state index in [1.54, 1.807) is 4.57 Å². The number of aromatic nitrogens is 3. The molecule has 0 amide bonds. The lowest BCUT2D eigenvalue weighted by Crippen LogP contribution is -2.10. The number of aryl methyl sites for hydroxylation is 1. The smallest absolute Gasteiger partial charge is 0.338 e. The van der Waals surface area contributed by atoms with Crippen LogP contribution in [0.3, 0.4) is 0 Å². The lowest BCUT2D eigenvalue weighted by molar-refractivity contribution is 0.0690. The van der Waals surface area contributed by atoms with Crippen molar-refractivity contribution >= 4 is 11.7 Å². The maximum atomic E-state index is 13.7. The van der Waals surface area contributed by atoms with E-state index in [2.05, 4.69) is 15.5 Å². The molecule has 1 aromatic carbocycles. The van der Waals surface area contributed by atoms with Crippen molar-refractivity contribution in [2.24, 2.45) is 0 Å². The van der Waals surface area contributed by atoms with Crippen LogP contribution in [-0.2, 0) is 13.1 Å². The van der Waals surface area contributed by atoms with Gasteiger partial charge in [0.2, 0.25) is 0 Å². The van der Waals surface area contributed by atoms with Crippen molar-refractivity contribution < 1.29 is 18.7 Å². The third kappa shape index (κ3) is 2.58. The zero-order valence-electron chi connectivity index (χ0n) is 10.6. The van der Waals surface area contributed by atoms with Gasteiger partial charge in [-0.05, 0) is 19.1 Å². The van der Waals surface area contributed by atoms with Crippen LogP contribution in [-0.4, -0.2) is 25.8 Å². The maximum absolute atomic E-state index is 13.7. The van der Waals surface area contributed by atoms with Crippen molar-refractivity contribution in [3.05, 3.63) is 41.5 Å². The van der Waals surface area contributed by atoms with Crippen molar-refractivity contribution in [1.29, 1.82) is 0 Å². The van der Waals surface area contributed by atoms with Gasteiger partial charge in [0, 0.05) is 6.54 Å². The van der Waals surface area contributed by atoms with Gasteiger partial charge >= 0.3 is 5.97 Å². The summed E-state index contributed by atoms with van der Waals surface area (Å²) in [4.78, 5) is 10.7. The second-order valence-corrected chi connectivity index (χ2v) is 3.98. The fourth-order valence-corrected chi connectivity index (χ4v) is 1.71. The van der Waals surface area contributed by atoms with Gasteiger partial charge < -0.3 is 15.0 Å². The molecular formula is C12H12F2N4O2. The van der Waals surface area contributed by atoms with Crippen LogP contribution in [0, 0.1) is 11.6 Å². The first kappa shape index (κ1) is 13.9. The fourth-order valence-electron chi connectivity index (χ4n) is 1.71. The van der Waals surface area contributed by atoms with E-state index in [9.17, 15) is 13.6 Å². The highest BCUT2D eigenvalue weighted by molar-refractivity contribution is 5.88. The van der Waals surface area contributed by atoms with Gasteiger partial charge in [-0.2, -0.15) is 0 Å². The normalized spacial score (nSPS) is 10.6. The molecular weight excluding hydrogens is 270 g/mol. The SMILES string of the molecule is CCn1cnnc1CNc1ccc(C(=O)O)c(F)c1F. The van der Waals surface area contributed by atoms with Crippen molar-refractivity contribution in [1.82, 2.24) is 14.8 Å². The molecule has 0 saturated carbocycles. The van der Waals surface area contributed by atoms with Crippen LogP contribution in [0.25, 0.3) is 0 Å². The van der Waals surface area contributed by atoms with E-state index in [-0.39, 0.29) is 12.2 Å². The summed E-state index contributed by atoms with van der Waals surface area (Å²) >= 11 is 0. The first-order chi connectivity index (χ1) is 9.54. The molecule has 106 valence electrons. The molecule has 2 N–H and O–H groups in total. The van der Waals surface area contributed by atoms with Crippen LogP contribution >= 0.6 is 0 Å². The second kappa shape index (κ2) is 5.64. The quantitative estimate of drug-likeness (QED) is 0.875. The maximum Gasteiger partial charge on any atom is 0.338 e. The lowest BCUT2D eigenvalue weighted by Gasteiger charge is -2.09. The van der Waals surface area contributed by atoms with E-state index in [1.807, 2.05) is 6.92 Å². The van der Waals surface area contributed by atoms with Gasteiger partial charge in [-0.15, -0.1) is 10.2 Å². The molecule has 0 bridgehead atoms. The number of carboxylic acid groups (broad SMARTS) is 1. The largest absolute Gasteiger partial charge is 0.478 e. The summed E-state index contributed by atoms with van der Waals surface area (Å²) in [6, 6.07) is 2.18. The molecule has 0 aliphatic rings. The van der Waals surface area contributed by atoms with E-state index in [0.29, 0.717) is 12.4 Å². The lowest BCUT2D eigenvalue weighted by atomic mass is 10.2. The summed E-state index contributed by atoms with van der Waals surface area (Å²) in [6.07, 6.45) is 1.53. The molecule has 0 fully saturated rings. The second-order valence-electron chi connectivity index (χ2n) is 3.98. The van der Waals surface area contributed by atoms with Crippen LogP contribution in [0.4, 0.5) is 14.5 Å². The van der Waals surface area contributed by atoms with Crippen LogP contribution < -0.4 is 5.32 Å². The number of halogens is 2. The standard InChI is InChI=1S/C12H12F2N4O2/c1-2-18-6-16-17-9(18)5-15-8-4-3-7(12(19)20)10(13)11(8)14/h3-4,6,15H,2,5H2,1H3,(H,19,20). The van der Waals surface area contributed by atoms with Gasteiger partial charge in [0.15, 0.2) is 17.5 Å². The third-order valence-electron chi connectivity index (χ3n) is 2.79. The summed E-state index contributed by atoms with van der Waals surface area (Å²) in [6.45, 7) is 2.70. The van der Waals surface area contributed by atoms with Gasteiger partial charge in [-0.3, -0.25) is 0 Å². The fraction of sp³-hybridized carbons (Fsp3) is 0.250. The number of hydrogen-bond acceptors (Lipinski definition) is 4. The van der Waals surface area contributed by atoms with Crippen molar-refractivity contribution in [2.45, 2.75) is 20.0 Å². The molecule has 6 nitrogen and oxygen atoms in total. The third-order valence-corrected chi connectivity index (χ3v) is 2.79. The molecule has 20 heavy (non-hydrogen) atoms. The molecule has 0 spiro atoms. The van der Waals surface area contributed by atoms with E-state index < -0.39 is 23.2 Å². The zero-order valence-corrected chi connectivity index (χ0v) is 10.6. The van der Waals surface area contributed by atoms with Crippen LogP contribution in [0.2, 0.25) is 0 Å². The first-order valence-corrected chi connectivity index (χ1v) is 5.86. The predicted molar refractivity (Wildman–Crippen MR) is 66.3 cm³/mol. The highest BCUT2D eigenvalue weighted by atomic mass is 19.2. The average molecular weight is 282 g/mol. The molecule has 1 aromatic heterocycles. The number of carbonyl (C=O) groups is 1. The van der Waals surface area contributed by atoms with Gasteiger partial charge in [0.05, 0.1) is 17.8 Å². The number of hydrogen-bond donors (Lipinski definition) is 2. The van der Waals surface area contributed by atoms with E-state index >= 15 is 0 Å². The summed E-state index contributed by atoms with van der Waals surface area (Å²) < 4.78 is 28.9. The molecule has 1 heterocycles. The van der Waals surface area contributed by atoms with Gasteiger partial charge in [-0.1, -0.05) is 0 Å². The van der Waals surface area contributed by atoms with E-state index in [1.165, 1.54) is 12.4 Å². The number of nitrogens with zero attached hydrogens (tertiary/aromatic N) is 3. The summed E-state index contributed by atoms with van der Waals surface area (Å²) in [5.74, 6) is -3.57. The van der Waals surface area contributed by atoms with Crippen molar-refractivity contribution in [2.75, 3.05) is 5.32 Å². The monoisotopic (exact) mass is 282 g/mol. The van der Waals surface area contributed by atoms with E-state index in [4.69, 9.17) is 5.11 Å². The highest BCUT2D eigenvalue weighted by Crippen LogP contribution is 2.21. The molecule has 0 radical (unpaired) electrons. The summed E-state index contributed by atoms with van der Waals surface area (Å²) in [7, 11) is 0. The highest BCUT2D eigenvalue weighted by Gasteiger charge is 2.18. The topological polar surface area (TPSA) is 80.0 Å². The number of benzene rings is 1. The van der Waals surface area contributed by atoms with Gasteiger partial charge in [0.25, 0.3) is 0 Å². The molecule has 0 aliphatic carbocycles. The molecule has 2 aromatic rings. The van der Waals surface area contributed by atoms with Crippen LogP contribution in [0.1, 0.15) is 23.1 Å². The Morgan fingerprint density at radius 1 is 1.40 bits per heavy atom. The Hall–Kier alpha value is -2.51. The Morgan fingerprint density at radius 3 is 2.80 bits per heavy atom. The number of rotatable bonds is 5. The number of nitrogens with one attached hydrogen (secondary N) is 1. The molecule has 8 heteroatoms. The van der Waals surface area contributed by atoms with Crippen molar-refractivity contribution in [3.8, 4) is 0 Å². The Kier molecular flexibility index (Phi) is 3.92. The minimum Gasteiger partial charge on any atom is -0.478 e. The van der Waals surface area contributed by atoms with Gasteiger partial charge in [-0.25, -0.2) is 13.6 Å². The number of aromatic carboxylic acids is 1. The minimum absolute atomic E-state index is 0.127. The Morgan fingerprint density at radius 2 is 2.15 bits per heavy atom. The molecule has 0 atom stereocenters. The van der Waals surface area contributed by atoms with Gasteiger partial charge in [0.1, 0.15) is 6.33 Å². The molecule has 0 saturated heterocycles. The van der Waals surface area contributed by atoms with Crippen LogP contribution in [0.5, 0.6) is 0 Å². The van der Waals surface area contributed by atoms with E-state index in [0.717, 1.165) is 6.07 Å². The van der Waals surface area contributed by atoms with Crippen molar-refractivity contribution in [3.63, 3.8) is 0 Å². The number of carboxylic acids is 1. The molecule has 0 unspecified atom stereocenters. The van der Waals surface area contributed by atoms with Crippen LogP contribution in [0.15, 0.2) is 18.5 Å². The Bertz CT molecular complexity index is 642. The first-order valence-electron chi connectivity index (χ1n) is 5.86.